The van der Waals surface area contributed by atoms with Crippen molar-refractivity contribution in [2.75, 3.05) is 0 Å². The maximum atomic E-state index is 9.48. The fraction of sp³-hybridized carbons (Fsp3) is 1.00. The predicted molar refractivity (Wildman–Crippen MR) is 63.4 cm³/mol. The Bertz CT molecular complexity index is 131. The normalized spacial score (nSPS) is 15.2. The van der Waals surface area contributed by atoms with Gasteiger partial charge in [-0.1, -0.05) is 46.0 Å². The molecule has 0 bridgehead atoms. The van der Waals surface area contributed by atoms with Crippen LogP contribution in [0.4, 0.5) is 0 Å². The molecule has 92 valence electrons. The van der Waals surface area contributed by atoms with Crippen LogP contribution in [0, 0.1) is 0 Å². The topological polar surface area (TPSA) is 52.5 Å². The summed E-state index contributed by atoms with van der Waals surface area (Å²) < 4.78 is 0. The molecular weight excluding hydrogens is 190 g/mol. The zero-order valence-electron chi connectivity index (χ0n) is 10.2. The van der Waals surface area contributed by atoms with Crippen LogP contribution in [0.2, 0.25) is 0 Å². The van der Waals surface area contributed by atoms with E-state index in [1.54, 1.807) is 0 Å². The molecule has 0 aliphatic carbocycles. The number of aliphatic hydroxyl groups is 2. The Kier molecular flexibility index (Phi) is 10.3. The average Bonchev–Trinajstić information content (AvgIpc) is 2.23. The first-order chi connectivity index (χ1) is 7.20. The maximum Gasteiger partial charge on any atom is 0.106 e. The van der Waals surface area contributed by atoms with Crippen molar-refractivity contribution in [3.05, 3.63) is 0 Å². The summed E-state index contributed by atoms with van der Waals surface area (Å²) in [5.41, 5.74) is 0. The van der Waals surface area contributed by atoms with Crippen LogP contribution in [0.5, 0.6) is 0 Å². The minimum Gasteiger partial charge on any atom is -0.379 e. The summed E-state index contributed by atoms with van der Waals surface area (Å²) in [6.07, 6.45) is 7.62. The van der Waals surface area contributed by atoms with Crippen LogP contribution in [-0.4, -0.2) is 22.7 Å². The molecule has 0 radical (unpaired) electrons. The molecule has 0 aliphatic heterocycles. The van der Waals surface area contributed by atoms with E-state index in [-0.39, 0.29) is 0 Å². The minimum absolute atomic E-state index is 0.550. The van der Waals surface area contributed by atoms with Crippen molar-refractivity contribution in [1.82, 2.24) is 5.32 Å². The lowest BCUT2D eigenvalue weighted by atomic mass is 10.1. The van der Waals surface area contributed by atoms with Crippen LogP contribution < -0.4 is 5.32 Å². The highest BCUT2D eigenvalue weighted by atomic mass is 16.3. The van der Waals surface area contributed by atoms with E-state index in [1.165, 1.54) is 32.1 Å². The second-order valence-corrected chi connectivity index (χ2v) is 4.16. The Labute approximate surface area is 93.9 Å². The summed E-state index contributed by atoms with van der Waals surface area (Å²) >= 11 is 0. The molecule has 0 saturated carbocycles. The van der Waals surface area contributed by atoms with E-state index < -0.39 is 12.5 Å². The fourth-order valence-corrected chi connectivity index (χ4v) is 1.54. The van der Waals surface area contributed by atoms with E-state index >= 15 is 0 Å². The van der Waals surface area contributed by atoms with Crippen LogP contribution in [0.3, 0.4) is 0 Å². The predicted octanol–water partition coefficient (Wildman–Crippen LogP) is 2.37. The number of rotatable bonds is 10. The van der Waals surface area contributed by atoms with Crippen molar-refractivity contribution in [1.29, 1.82) is 0 Å². The van der Waals surface area contributed by atoms with Crippen molar-refractivity contribution < 1.29 is 10.2 Å². The SMILES string of the molecule is CCCCCCCCC(O)NC(O)CC. The third-order valence-electron chi connectivity index (χ3n) is 2.60. The van der Waals surface area contributed by atoms with Crippen molar-refractivity contribution >= 4 is 0 Å². The summed E-state index contributed by atoms with van der Waals surface area (Å²) in [5, 5.41) is 21.5. The van der Waals surface area contributed by atoms with Crippen LogP contribution in [-0.2, 0) is 0 Å². The van der Waals surface area contributed by atoms with Gasteiger partial charge in [0.15, 0.2) is 0 Å². The lowest BCUT2D eigenvalue weighted by Crippen LogP contribution is -2.37. The monoisotopic (exact) mass is 217 g/mol. The summed E-state index contributed by atoms with van der Waals surface area (Å²) in [4.78, 5) is 0. The van der Waals surface area contributed by atoms with E-state index in [0.717, 1.165) is 12.8 Å². The first kappa shape index (κ1) is 14.9. The second kappa shape index (κ2) is 10.4. The highest BCUT2D eigenvalue weighted by Crippen LogP contribution is 2.08. The molecule has 3 nitrogen and oxygen atoms in total. The Morgan fingerprint density at radius 3 is 2.07 bits per heavy atom. The lowest BCUT2D eigenvalue weighted by molar-refractivity contribution is 0.0348. The molecule has 0 aromatic heterocycles. The van der Waals surface area contributed by atoms with Gasteiger partial charge < -0.3 is 10.2 Å². The number of nitrogens with one attached hydrogen (secondary N) is 1. The van der Waals surface area contributed by atoms with Gasteiger partial charge in [-0.3, -0.25) is 5.32 Å². The molecule has 0 heterocycles. The van der Waals surface area contributed by atoms with Gasteiger partial charge in [0, 0.05) is 0 Å². The van der Waals surface area contributed by atoms with Crippen molar-refractivity contribution in [3.8, 4) is 0 Å². The van der Waals surface area contributed by atoms with Gasteiger partial charge in [0.05, 0.1) is 0 Å². The maximum absolute atomic E-state index is 9.48. The van der Waals surface area contributed by atoms with Crippen molar-refractivity contribution in [2.24, 2.45) is 0 Å². The third kappa shape index (κ3) is 10.2. The van der Waals surface area contributed by atoms with Gasteiger partial charge in [0.2, 0.25) is 0 Å². The first-order valence-corrected chi connectivity index (χ1v) is 6.32. The van der Waals surface area contributed by atoms with E-state index in [2.05, 4.69) is 12.2 Å². The smallest absolute Gasteiger partial charge is 0.106 e. The molecule has 0 saturated heterocycles. The number of hydrogen-bond acceptors (Lipinski definition) is 3. The molecule has 0 spiro atoms. The fourth-order valence-electron chi connectivity index (χ4n) is 1.54. The molecule has 0 fully saturated rings. The molecular formula is C12H27NO2. The molecule has 0 amide bonds. The van der Waals surface area contributed by atoms with Crippen LogP contribution in [0.1, 0.15) is 65.2 Å². The van der Waals surface area contributed by atoms with Crippen LogP contribution in [0.15, 0.2) is 0 Å². The molecule has 15 heavy (non-hydrogen) atoms. The van der Waals surface area contributed by atoms with Gasteiger partial charge in [0.1, 0.15) is 12.5 Å². The molecule has 2 atom stereocenters. The van der Waals surface area contributed by atoms with Gasteiger partial charge in [-0.2, -0.15) is 0 Å². The van der Waals surface area contributed by atoms with E-state index in [1.807, 2.05) is 6.92 Å². The largest absolute Gasteiger partial charge is 0.379 e. The molecule has 3 N–H and O–H groups in total. The van der Waals surface area contributed by atoms with E-state index in [0.29, 0.717) is 6.42 Å². The Morgan fingerprint density at radius 2 is 1.47 bits per heavy atom. The molecule has 3 heteroatoms. The Balaban J connectivity index is 3.20. The second-order valence-electron chi connectivity index (χ2n) is 4.16. The number of hydrogen-bond donors (Lipinski definition) is 3. The molecule has 0 aliphatic rings. The number of aliphatic hydroxyl groups excluding tert-OH is 2. The van der Waals surface area contributed by atoms with Crippen LogP contribution in [0.25, 0.3) is 0 Å². The van der Waals surface area contributed by atoms with Gasteiger partial charge >= 0.3 is 0 Å². The summed E-state index contributed by atoms with van der Waals surface area (Å²) in [5.74, 6) is 0. The zero-order valence-corrected chi connectivity index (χ0v) is 10.2. The van der Waals surface area contributed by atoms with Gasteiger partial charge in [0.25, 0.3) is 0 Å². The zero-order chi connectivity index (χ0) is 11.5. The van der Waals surface area contributed by atoms with Gasteiger partial charge in [-0.15, -0.1) is 0 Å². The molecule has 0 aromatic rings. The first-order valence-electron chi connectivity index (χ1n) is 6.32. The summed E-state index contributed by atoms with van der Waals surface area (Å²) in [7, 11) is 0. The van der Waals surface area contributed by atoms with E-state index in [4.69, 9.17) is 0 Å². The highest BCUT2D eigenvalue weighted by Gasteiger charge is 2.07. The molecule has 2 unspecified atom stereocenters. The van der Waals surface area contributed by atoms with E-state index in [9.17, 15) is 10.2 Å². The van der Waals surface area contributed by atoms with Gasteiger partial charge in [-0.25, -0.2) is 0 Å². The highest BCUT2D eigenvalue weighted by molar-refractivity contribution is 4.56. The Morgan fingerprint density at radius 1 is 0.867 bits per heavy atom. The molecule has 0 aromatic carbocycles. The average molecular weight is 217 g/mol. The quantitative estimate of drug-likeness (QED) is 0.389. The summed E-state index contributed by atoms with van der Waals surface area (Å²) in [6, 6.07) is 0. The number of unbranched alkanes of at least 4 members (excludes halogenated alkanes) is 5. The van der Waals surface area contributed by atoms with Crippen LogP contribution >= 0.6 is 0 Å². The van der Waals surface area contributed by atoms with Gasteiger partial charge in [-0.05, 0) is 19.3 Å². The van der Waals surface area contributed by atoms with Crippen molar-refractivity contribution in [3.63, 3.8) is 0 Å². The summed E-state index contributed by atoms with van der Waals surface area (Å²) in [6.45, 7) is 4.09. The Hall–Kier alpha value is -0.120. The minimum atomic E-state index is -0.569. The molecule has 0 rings (SSSR count). The standard InChI is InChI=1S/C12H27NO2/c1-3-5-6-7-8-9-10-12(15)13-11(14)4-2/h11-15H,3-10H2,1-2H3. The van der Waals surface area contributed by atoms with Crippen molar-refractivity contribution in [2.45, 2.75) is 77.7 Å². The lowest BCUT2D eigenvalue weighted by Gasteiger charge is -2.16. The third-order valence-corrected chi connectivity index (χ3v) is 2.60.